The third-order valence-electron chi connectivity index (χ3n) is 6.89. The number of piperidine rings is 1. The van der Waals surface area contributed by atoms with Gasteiger partial charge in [0.05, 0.1) is 5.69 Å². The van der Waals surface area contributed by atoms with Crippen LogP contribution in [0.15, 0.2) is 12.1 Å². The second-order valence-corrected chi connectivity index (χ2v) is 8.91. The van der Waals surface area contributed by atoms with Crippen molar-refractivity contribution in [3.05, 3.63) is 23.4 Å². The SMILES string of the molecule is O=C(CC1CC1)N1CCc2nc(OC3CCN(C4CCC4)CC3)ccc2C1. The van der Waals surface area contributed by atoms with Gasteiger partial charge in [0.15, 0.2) is 0 Å². The first-order valence-corrected chi connectivity index (χ1v) is 10.9. The summed E-state index contributed by atoms with van der Waals surface area (Å²) in [6, 6.07) is 4.97. The first-order chi connectivity index (χ1) is 13.2. The number of amides is 1. The molecule has 0 spiro atoms. The third-order valence-corrected chi connectivity index (χ3v) is 6.89. The normalized spacial score (nSPS) is 24.4. The zero-order valence-electron chi connectivity index (χ0n) is 16.2. The van der Waals surface area contributed by atoms with Crippen LogP contribution in [0.3, 0.4) is 0 Å². The summed E-state index contributed by atoms with van der Waals surface area (Å²) in [5.41, 5.74) is 2.31. The predicted octanol–water partition coefficient (Wildman–Crippen LogP) is 3.16. The van der Waals surface area contributed by atoms with Crippen molar-refractivity contribution in [3.63, 3.8) is 0 Å². The lowest BCUT2D eigenvalue weighted by molar-refractivity contribution is -0.132. The number of pyridine rings is 1. The molecule has 0 unspecified atom stereocenters. The lowest BCUT2D eigenvalue weighted by Crippen LogP contribution is -2.46. The van der Waals surface area contributed by atoms with Crippen LogP contribution in [0.2, 0.25) is 0 Å². The summed E-state index contributed by atoms with van der Waals surface area (Å²) in [7, 11) is 0. The van der Waals surface area contributed by atoms with Gasteiger partial charge in [-0.1, -0.05) is 12.5 Å². The Kier molecular flexibility index (Phi) is 4.80. The lowest BCUT2D eigenvalue weighted by atomic mass is 9.90. The summed E-state index contributed by atoms with van der Waals surface area (Å²) in [6.45, 7) is 3.85. The molecule has 0 N–H and O–H groups in total. The van der Waals surface area contributed by atoms with Crippen LogP contribution in [0.5, 0.6) is 5.88 Å². The van der Waals surface area contributed by atoms with Gasteiger partial charge >= 0.3 is 0 Å². The first kappa shape index (κ1) is 17.5. The molecule has 0 aromatic carbocycles. The van der Waals surface area contributed by atoms with Crippen molar-refractivity contribution in [2.45, 2.75) is 76.5 Å². The van der Waals surface area contributed by atoms with Crippen LogP contribution in [0.4, 0.5) is 0 Å². The molecule has 5 nitrogen and oxygen atoms in total. The molecule has 0 bridgehead atoms. The highest BCUT2D eigenvalue weighted by Gasteiger charge is 2.31. The second kappa shape index (κ2) is 7.42. The molecule has 4 aliphatic rings. The van der Waals surface area contributed by atoms with Gasteiger partial charge in [0.1, 0.15) is 6.10 Å². The van der Waals surface area contributed by atoms with Gasteiger partial charge in [-0.05, 0) is 50.0 Å². The number of likely N-dealkylation sites (tertiary alicyclic amines) is 1. The van der Waals surface area contributed by atoms with E-state index in [1.165, 1.54) is 50.8 Å². The molecule has 1 saturated heterocycles. The van der Waals surface area contributed by atoms with Gasteiger partial charge in [-0.3, -0.25) is 4.79 Å². The van der Waals surface area contributed by atoms with E-state index in [2.05, 4.69) is 11.0 Å². The molecule has 1 amide bonds. The topological polar surface area (TPSA) is 45.7 Å². The van der Waals surface area contributed by atoms with Crippen molar-refractivity contribution >= 4 is 5.91 Å². The van der Waals surface area contributed by atoms with Gasteiger partial charge in [0.2, 0.25) is 11.8 Å². The number of fused-ring (bicyclic) bond motifs is 1. The van der Waals surface area contributed by atoms with Crippen LogP contribution >= 0.6 is 0 Å². The Hall–Kier alpha value is -1.62. The maximum Gasteiger partial charge on any atom is 0.223 e. The highest BCUT2D eigenvalue weighted by molar-refractivity contribution is 5.77. The van der Waals surface area contributed by atoms with E-state index in [4.69, 9.17) is 9.72 Å². The molecule has 27 heavy (non-hydrogen) atoms. The van der Waals surface area contributed by atoms with Crippen molar-refractivity contribution in [1.29, 1.82) is 0 Å². The molecular weight excluding hydrogens is 338 g/mol. The molecule has 2 aliphatic carbocycles. The fourth-order valence-electron chi connectivity index (χ4n) is 4.65. The number of nitrogens with zero attached hydrogens (tertiary/aromatic N) is 3. The number of ether oxygens (including phenoxy) is 1. The fourth-order valence-corrected chi connectivity index (χ4v) is 4.65. The average molecular weight is 370 g/mol. The van der Waals surface area contributed by atoms with E-state index >= 15 is 0 Å². The minimum absolute atomic E-state index is 0.298. The smallest absolute Gasteiger partial charge is 0.223 e. The summed E-state index contributed by atoms with van der Waals surface area (Å²) in [4.78, 5) is 21.8. The van der Waals surface area contributed by atoms with Crippen molar-refractivity contribution < 1.29 is 9.53 Å². The minimum atomic E-state index is 0.298. The van der Waals surface area contributed by atoms with Crippen molar-refractivity contribution in [2.75, 3.05) is 19.6 Å². The van der Waals surface area contributed by atoms with Crippen molar-refractivity contribution in [1.82, 2.24) is 14.8 Å². The monoisotopic (exact) mass is 369 g/mol. The summed E-state index contributed by atoms with van der Waals surface area (Å²) < 4.78 is 6.22. The fraction of sp³-hybridized carbons (Fsp3) is 0.727. The van der Waals surface area contributed by atoms with Gasteiger partial charge in [0.25, 0.3) is 0 Å². The van der Waals surface area contributed by atoms with Crippen LogP contribution in [0, 0.1) is 5.92 Å². The summed E-state index contributed by atoms with van der Waals surface area (Å²) in [5, 5.41) is 0. The average Bonchev–Trinajstić information content (AvgIpc) is 3.45. The van der Waals surface area contributed by atoms with E-state index in [0.29, 0.717) is 24.5 Å². The van der Waals surface area contributed by atoms with Gasteiger partial charge in [-0.2, -0.15) is 0 Å². The Morgan fingerprint density at radius 2 is 1.89 bits per heavy atom. The summed E-state index contributed by atoms with van der Waals surface area (Å²) >= 11 is 0. The zero-order chi connectivity index (χ0) is 18.2. The molecule has 146 valence electrons. The molecule has 5 heteroatoms. The van der Waals surface area contributed by atoms with Gasteiger partial charge < -0.3 is 14.5 Å². The lowest BCUT2D eigenvalue weighted by Gasteiger charge is -2.41. The van der Waals surface area contributed by atoms with E-state index in [9.17, 15) is 4.79 Å². The Morgan fingerprint density at radius 3 is 2.59 bits per heavy atom. The molecule has 3 heterocycles. The van der Waals surface area contributed by atoms with E-state index in [0.717, 1.165) is 49.8 Å². The molecular formula is C22H31N3O2. The molecule has 0 radical (unpaired) electrons. The van der Waals surface area contributed by atoms with Gasteiger partial charge in [-0.25, -0.2) is 4.98 Å². The van der Waals surface area contributed by atoms with Crippen molar-refractivity contribution in [2.24, 2.45) is 5.92 Å². The third kappa shape index (κ3) is 3.98. The number of carbonyl (C=O) groups excluding carboxylic acids is 1. The number of rotatable bonds is 5. The summed E-state index contributed by atoms with van der Waals surface area (Å²) in [5.74, 6) is 1.75. The predicted molar refractivity (Wildman–Crippen MR) is 104 cm³/mol. The Morgan fingerprint density at radius 1 is 1.07 bits per heavy atom. The molecule has 2 saturated carbocycles. The molecule has 5 rings (SSSR count). The highest BCUT2D eigenvalue weighted by Crippen LogP contribution is 2.34. The van der Waals surface area contributed by atoms with Crippen LogP contribution in [0.1, 0.15) is 62.6 Å². The van der Waals surface area contributed by atoms with Gasteiger partial charge in [-0.15, -0.1) is 0 Å². The van der Waals surface area contributed by atoms with E-state index in [1.54, 1.807) is 0 Å². The molecule has 3 fully saturated rings. The Labute approximate surface area is 162 Å². The summed E-state index contributed by atoms with van der Waals surface area (Å²) in [6.07, 6.45) is 10.8. The van der Waals surface area contributed by atoms with E-state index < -0.39 is 0 Å². The molecule has 1 aromatic heterocycles. The number of carbonyl (C=O) groups is 1. The number of aromatic nitrogens is 1. The first-order valence-electron chi connectivity index (χ1n) is 10.9. The highest BCUT2D eigenvalue weighted by atomic mass is 16.5. The van der Waals surface area contributed by atoms with Crippen LogP contribution in [-0.2, 0) is 17.8 Å². The largest absolute Gasteiger partial charge is 0.474 e. The molecule has 0 atom stereocenters. The maximum atomic E-state index is 12.4. The van der Waals surface area contributed by atoms with Crippen molar-refractivity contribution in [3.8, 4) is 5.88 Å². The van der Waals surface area contributed by atoms with Gasteiger partial charge in [0, 0.05) is 51.1 Å². The minimum Gasteiger partial charge on any atom is -0.474 e. The standard InChI is InChI=1S/C22H31N3O2/c26-22(14-16-4-5-16)25-13-10-20-17(15-25)6-7-21(23-20)27-19-8-11-24(12-9-19)18-2-1-3-18/h6-7,16,18-19H,1-5,8-15H2. The molecule has 1 aromatic rings. The van der Waals surface area contributed by atoms with E-state index in [1.807, 2.05) is 11.0 Å². The Bertz CT molecular complexity index is 691. The molecule has 2 aliphatic heterocycles. The van der Waals surface area contributed by atoms with E-state index in [-0.39, 0.29) is 0 Å². The van der Waals surface area contributed by atoms with Crippen LogP contribution in [-0.4, -0.2) is 52.5 Å². The zero-order valence-corrected chi connectivity index (χ0v) is 16.2. The quantitative estimate of drug-likeness (QED) is 0.800. The Balaban J connectivity index is 1.15. The maximum absolute atomic E-state index is 12.4. The number of hydrogen-bond donors (Lipinski definition) is 0. The van der Waals surface area contributed by atoms with Crippen LogP contribution < -0.4 is 4.74 Å². The second-order valence-electron chi connectivity index (χ2n) is 8.91. The number of hydrogen-bond acceptors (Lipinski definition) is 4. The van der Waals surface area contributed by atoms with Crippen LogP contribution in [0.25, 0.3) is 0 Å².